The van der Waals surface area contributed by atoms with Crippen LogP contribution < -0.4 is 28.4 Å². The number of benzene rings is 2. The van der Waals surface area contributed by atoms with Crippen molar-refractivity contribution in [1.29, 1.82) is 0 Å². The van der Waals surface area contributed by atoms with E-state index in [9.17, 15) is 4.79 Å². The molecule has 0 radical (unpaired) electrons. The number of aromatic nitrogens is 5. The Balaban J connectivity index is 0.000000191. The van der Waals surface area contributed by atoms with E-state index >= 15 is 0 Å². The number of carbonyl (C=O) groups excluding carboxylic acids is 1. The molecule has 0 fully saturated rings. The Hall–Kier alpha value is -5.72. The molecule has 0 saturated carbocycles. The van der Waals surface area contributed by atoms with E-state index in [1.54, 1.807) is 42.6 Å². The molecule has 0 N–H and O–H groups in total. The zero-order chi connectivity index (χ0) is 29.0. The first kappa shape index (κ1) is 28.3. The van der Waals surface area contributed by atoms with Crippen molar-refractivity contribution in [3.63, 3.8) is 0 Å². The maximum Gasteiger partial charge on any atom is 0.328 e. The number of para-hydroxylation sites is 2. The van der Waals surface area contributed by atoms with Gasteiger partial charge >= 0.3 is 12.0 Å². The predicted octanol–water partition coefficient (Wildman–Crippen LogP) is 5.04. The van der Waals surface area contributed by atoms with Crippen molar-refractivity contribution in [2.75, 3.05) is 28.4 Å². The van der Waals surface area contributed by atoms with Crippen LogP contribution in [0.5, 0.6) is 47.0 Å². The van der Waals surface area contributed by atoms with Gasteiger partial charge in [-0.3, -0.25) is 4.79 Å². The van der Waals surface area contributed by atoms with Crippen molar-refractivity contribution >= 4 is 6.29 Å². The average Bonchev–Trinajstić information content (AvgIpc) is 3.56. The van der Waals surface area contributed by atoms with E-state index in [1.165, 1.54) is 40.9 Å². The Labute approximate surface area is 234 Å². The van der Waals surface area contributed by atoms with E-state index in [2.05, 4.69) is 24.9 Å². The van der Waals surface area contributed by atoms with Crippen LogP contribution in [0.1, 0.15) is 10.4 Å². The molecule has 0 aliphatic heterocycles. The molecule has 210 valence electrons. The van der Waals surface area contributed by atoms with Gasteiger partial charge in [0.25, 0.3) is 0 Å². The first-order chi connectivity index (χ1) is 20.1. The first-order valence-electron chi connectivity index (χ1n) is 11.9. The fraction of sp³-hybridized carbons (Fsp3) is 0.143. The molecule has 0 unspecified atom stereocenters. The highest BCUT2D eigenvalue weighted by Crippen LogP contribution is 2.33. The van der Waals surface area contributed by atoms with Crippen LogP contribution >= 0.6 is 0 Å². The summed E-state index contributed by atoms with van der Waals surface area (Å²) in [5, 5.41) is 0. The molecule has 5 rings (SSSR count). The minimum atomic E-state index is 0.0468. The number of hydrogen-bond acceptors (Lipinski definition) is 13. The second kappa shape index (κ2) is 13.9. The molecule has 2 aromatic carbocycles. The van der Waals surface area contributed by atoms with E-state index < -0.39 is 0 Å². The van der Waals surface area contributed by atoms with Gasteiger partial charge in [-0.15, -0.1) is 0 Å². The molecule has 3 heterocycles. The topological polar surface area (TPSA) is 150 Å². The zero-order valence-corrected chi connectivity index (χ0v) is 22.5. The van der Waals surface area contributed by atoms with Crippen LogP contribution in [-0.2, 0) is 0 Å². The number of oxazole rings is 1. The summed E-state index contributed by atoms with van der Waals surface area (Å²) in [6.07, 6.45) is 3.67. The lowest BCUT2D eigenvalue weighted by molar-refractivity contribution is 0.112. The molecule has 0 aliphatic carbocycles. The maximum atomic E-state index is 10.9. The number of rotatable bonds is 10. The summed E-state index contributed by atoms with van der Waals surface area (Å²) in [4.78, 5) is 31.1. The normalized spacial score (nSPS) is 10.0. The Morgan fingerprint density at radius 2 is 1.15 bits per heavy atom. The third-order valence-corrected chi connectivity index (χ3v) is 5.19. The minimum absolute atomic E-state index is 0.0468. The van der Waals surface area contributed by atoms with Gasteiger partial charge in [0, 0.05) is 0 Å². The summed E-state index contributed by atoms with van der Waals surface area (Å²) in [6, 6.07) is 17.4. The second-order valence-corrected chi connectivity index (χ2v) is 7.69. The smallest absolute Gasteiger partial charge is 0.328 e. The summed E-state index contributed by atoms with van der Waals surface area (Å²) in [5.41, 5.74) is 1.15. The molecule has 0 atom stereocenters. The van der Waals surface area contributed by atoms with Gasteiger partial charge in [-0.1, -0.05) is 24.3 Å². The molecule has 3 aromatic heterocycles. The summed E-state index contributed by atoms with van der Waals surface area (Å²) in [7, 11) is 5.97. The molecular formula is C28H25N5O8. The van der Waals surface area contributed by atoms with Crippen LogP contribution in [0, 0.1) is 0 Å². The molecule has 0 bridgehead atoms. The molecule has 13 nitrogen and oxygen atoms in total. The second-order valence-electron chi connectivity index (χ2n) is 7.69. The number of carbonyl (C=O) groups is 1. The molecular weight excluding hydrogens is 534 g/mol. The van der Waals surface area contributed by atoms with Crippen LogP contribution in [0.2, 0.25) is 0 Å². The fourth-order valence-electron chi connectivity index (χ4n) is 3.25. The number of ether oxygens (including phenoxy) is 6. The van der Waals surface area contributed by atoms with E-state index in [1.807, 2.05) is 18.2 Å². The predicted molar refractivity (Wildman–Crippen MR) is 144 cm³/mol. The molecule has 0 amide bonds. The highest BCUT2D eigenvalue weighted by atomic mass is 16.5. The summed E-state index contributed by atoms with van der Waals surface area (Å²) in [6.45, 7) is 0. The highest BCUT2D eigenvalue weighted by Gasteiger charge is 2.13. The molecule has 5 aromatic rings. The van der Waals surface area contributed by atoms with Crippen LogP contribution in [0.3, 0.4) is 0 Å². The van der Waals surface area contributed by atoms with Gasteiger partial charge in [-0.05, 0) is 24.3 Å². The first-order valence-corrected chi connectivity index (χ1v) is 11.9. The summed E-state index contributed by atoms with van der Waals surface area (Å²) >= 11 is 0. The minimum Gasteiger partial charge on any atom is -0.481 e. The van der Waals surface area contributed by atoms with Crippen molar-refractivity contribution in [3.05, 3.63) is 78.8 Å². The third-order valence-electron chi connectivity index (χ3n) is 5.19. The van der Waals surface area contributed by atoms with Gasteiger partial charge < -0.3 is 32.8 Å². The van der Waals surface area contributed by atoms with Crippen molar-refractivity contribution < 1.29 is 37.6 Å². The fourth-order valence-corrected chi connectivity index (χ4v) is 3.25. The number of methoxy groups -OCH3 is 4. The van der Waals surface area contributed by atoms with Crippen LogP contribution in [-0.4, -0.2) is 59.6 Å². The van der Waals surface area contributed by atoms with E-state index in [0.717, 1.165) is 5.56 Å². The van der Waals surface area contributed by atoms with Crippen LogP contribution in [0.15, 0.2) is 77.7 Å². The van der Waals surface area contributed by atoms with Gasteiger partial charge in [0.1, 0.15) is 11.5 Å². The van der Waals surface area contributed by atoms with Crippen molar-refractivity contribution in [2.45, 2.75) is 0 Å². The van der Waals surface area contributed by atoms with Gasteiger partial charge in [0.15, 0.2) is 18.4 Å². The maximum absolute atomic E-state index is 10.9. The monoisotopic (exact) mass is 559 g/mol. The van der Waals surface area contributed by atoms with Gasteiger partial charge in [-0.2, -0.15) is 19.9 Å². The van der Waals surface area contributed by atoms with Gasteiger partial charge in [0.2, 0.25) is 23.5 Å². The Morgan fingerprint density at radius 3 is 1.63 bits per heavy atom. The van der Waals surface area contributed by atoms with E-state index in [4.69, 9.17) is 32.8 Å². The lowest BCUT2D eigenvalue weighted by Gasteiger charge is -2.09. The quantitative estimate of drug-likeness (QED) is 0.210. The molecule has 13 heteroatoms. The SMILES string of the molecule is COc1cc(OC)nc(Oc2ccccc2-c2cnco2)n1.COc1cc(OC)nc(Oc2ccccc2C=O)n1. The molecule has 0 saturated heterocycles. The van der Waals surface area contributed by atoms with Crippen LogP contribution in [0.4, 0.5) is 0 Å². The van der Waals surface area contributed by atoms with Gasteiger partial charge in [-0.25, -0.2) is 4.98 Å². The lowest BCUT2D eigenvalue weighted by atomic mass is 10.1. The van der Waals surface area contributed by atoms with Crippen molar-refractivity contribution in [2.24, 2.45) is 0 Å². The molecule has 0 aliphatic rings. The van der Waals surface area contributed by atoms with E-state index in [0.29, 0.717) is 52.6 Å². The highest BCUT2D eigenvalue weighted by molar-refractivity contribution is 5.79. The summed E-state index contributed by atoms with van der Waals surface area (Å²) in [5.74, 6) is 2.81. The molecule has 0 spiro atoms. The Bertz CT molecular complexity index is 1540. The lowest BCUT2D eigenvalue weighted by Crippen LogP contribution is -1.99. The molecule has 41 heavy (non-hydrogen) atoms. The van der Waals surface area contributed by atoms with Crippen molar-refractivity contribution in [1.82, 2.24) is 24.9 Å². The van der Waals surface area contributed by atoms with Crippen LogP contribution in [0.25, 0.3) is 11.3 Å². The van der Waals surface area contributed by atoms with Crippen molar-refractivity contribution in [3.8, 4) is 58.4 Å². The number of nitrogens with zero attached hydrogens (tertiary/aromatic N) is 5. The van der Waals surface area contributed by atoms with E-state index in [-0.39, 0.29) is 12.0 Å². The third kappa shape index (κ3) is 7.44. The number of hydrogen-bond donors (Lipinski definition) is 0. The average molecular weight is 560 g/mol. The summed E-state index contributed by atoms with van der Waals surface area (Å²) < 4.78 is 36.7. The van der Waals surface area contributed by atoms with Gasteiger partial charge in [0.05, 0.1) is 57.9 Å². The Kier molecular flexibility index (Phi) is 9.59. The standard InChI is InChI=1S/C15H13N3O4.C13H12N2O4/c1-19-13-7-14(20-2)18-15(17-13)22-11-6-4-3-5-10(11)12-8-16-9-21-12;1-17-11-7-12(18-2)15-13(14-11)19-10-6-4-3-5-9(10)8-16/h3-9H,1-2H3;3-8H,1-2H3. The number of aldehydes is 1. The largest absolute Gasteiger partial charge is 0.481 e. The Morgan fingerprint density at radius 1 is 0.659 bits per heavy atom. The zero-order valence-electron chi connectivity index (χ0n) is 22.5.